The Bertz CT molecular complexity index is 478. The molecule has 102 valence electrons. The number of sulfonamides is 1. The molecule has 1 unspecified atom stereocenters. The van der Waals surface area contributed by atoms with Gasteiger partial charge in [-0.3, -0.25) is 0 Å². The van der Waals surface area contributed by atoms with Crippen LogP contribution >= 0.6 is 23.1 Å². The predicted octanol–water partition coefficient (Wildman–Crippen LogP) is 1.50. The topological polar surface area (TPSA) is 58.2 Å². The fourth-order valence-corrected chi connectivity index (χ4v) is 5.51. The van der Waals surface area contributed by atoms with Gasteiger partial charge in [0.25, 0.3) is 0 Å². The zero-order valence-corrected chi connectivity index (χ0v) is 12.8. The van der Waals surface area contributed by atoms with Crippen LogP contribution in [0.15, 0.2) is 16.3 Å². The molecule has 1 saturated heterocycles. The van der Waals surface area contributed by atoms with Gasteiger partial charge in [-0.15, -0.1) is 11.3 Å². The molecule has 0 amide bonds. The molecule has 0 saturated carbocycles. The number of rotatable bonds is 6. The molecule has 0 radical (unpaired) electrons. The van der Waals surface area contributed by atoms with E-state index in [1.807, 2.05) is 18.8 Å². The lowest BCUT2D eigenvalue weighted by Gasteiger charge is -2.09. The SMILES string of the molecule is CNCc1cc(S(=O)(=O)NCC2CCSC2)cs1. The van der Waals surface area contributed by atoms with Crippen molar-refractivity contribution < 1.29 is 8.42 Å². The van der Waals surface area contributed by atoms with Crippen LogP contribution in [0.3, 0.4) is 0 Å². The molecule has 7 heteroatoms. The van der Waals surface area contributed by atoms with Crippen LogP contribution in [0.25, 0.3) is 0 Å². The van der Waals surface area contributed by atoms with Crippen molar-refractivity contribution in [1.29, 1.82) is 0 Å². The van der Waals surface area contributed by atoms with E-state index in [1.54, 1.807) is 11.4 Å². The third-order valence-electron chi connectivity index (χ3n) is 2.88. The predicted molar refractivity (Wildman–Crippen MR) is 77.7 cm³/mol. The van der Waals surface area contributed by atoms with Crippen molar-refractivity contribution in [1.82, 2.24) is 10.0 Å². The van der Waals surface area contributed by atoms with Crippen LogP contribution in [-0.2, 0) is 16.6 Å². The Hall–Kier alpha value is -0.0800. The third-order valence-corrected chi connectivity index (χ3v) is 6.60. The number of thioether (sulfide) groups is 1. The molecule has 2 heterocycles. The van der Waals surface area contributed by atoms with Crippen molar-refractivity contribution in [2.75, 3.05) is 25.1 Å². The lowest BCUT2D eigenvalue weighted by Crippen LogP contribution is -2.29. The van der Waals surface area contributed by atoms with Crippen LogP contribution < -0.4 is 10.0 Å². The molecule has 1 aromatic rings. The van der Waals surface area contributed by atoms with Gasteiger partial charge in [0.05, 0.1) is 4.90 Å². The maximum Gasteiger partial charge on any atom is 0.241 e. The van der Waals surface area contributed by atoms with Gasteiger partial charge in [0.15, 0.2) is 0 Å². The Morgan fingerprint density at radius 3 is 3.00 bits per heavy atom. The number of hydrogen-bond acceptors (Lipinski definition) is 5. The fraction of sp³-hybridized carbons (Fsp3) is 0.636. The molecule has 2 N–H and O–H groups in total. The number of nitrogens with one attached hydrogen (secondary N) is 2. The van der Waals surface area contributed by atoms with Crippen molar-refractivity contribution in [3.05, 3.63) is 16.3 Å². The van der Waals surface area contributed by atoms with Gasteiger partial charge in [-0.1, -0.05) is 0 Å². The first-order valence-corrected chi connectivity index (χ1v) is 9.43. The molecule has 1 aliphatic rings. The average molecular weight is 306 g/mol. The van der Waals surface area contributed by atoms with Crippen molar-refractivity contribution in [3.8, 4) is 0 Å². The highest BCUT2D eigenvalue weighted by atomic mass is 32.2. The summed E-state index contributed by atoms with van der Waals surface area (Å²) in [5.74, 6) is 2.70. The second-order valence-corrected chi connectivity index (χ2v) is 8.27. The van der Waals surface area contributed by atoms with E-state index in [-0.39, 0.29) is 0 Å². The minimum atomic E-state index is -3.32. The summed E-state index contributed by atoms with van der Waals surface area (Å²) in [7, 11) is -1.47. The van der Waals surface area contributed by atoms with E-state index in [4.69, 9.17) is 0 Å². The van der Waals surface area contributed by atoms with Gasteiger partial charge in [-0.25, -0.2) is 13.1 Å². The molecule has 1 aliphatic heterocycles. The second kappa shape index (κ2) is 6.38. The molecule has 4 nitrogen and oxygen atoms in total. The summed E-state index contributed by atoms with van der Waals surface area (Å²) in [5.41, 5.74) is 0. The van der Waals surface area contributed by atoms with Gasteiger partial charge in [-0.2, -0.15) is 11.8 Å². The average Bonchev–Trinajstić information content (AvgIpc) is 2.98. The molecule has 18 heavy (non-hydrogen) atoms. The number of thiophene rings is 1. The Morgan fingerprint density at radius 2 is 2.33 bits per heavy atom. The molecule has 0 aromatic carbocycles. The molecular weight excluding hydrogens is 288 g/mol. The van der Waals surface area contributed by atoms with E-state index in [2.05, 4.69) is 10.0 Å². The van der Waals surface area contributed by atoms with Crippen LogP contribution in [0, 0.1) is 5.92 Å². The molecule has 0 spiro atoms. The van der Waals surface area contributed by atoms with Crippen LogP contribution in [0.5, 0.6) is 0 Å². The summed E-state index contributed by atoms with van der Waals surface area (Å²) in [4.78, 5) is 1.43. The minimum Gasteiger partial charge on any atom is -0.315 e. The van der Waals surface area contributed by atoms with Gasteiger partial charge in [-0.05, 0) is 37.0 Å². The third kappa shape index (κ3) is 3.71. The van der Waals surface area contributed by atoms with Gasteiger partial charge in [0, 0.05) is 23.3 Å². The van der Waals surface area contributed by atoms with Crippen molar-refractivity contribution in [3.63, 3.8) is 0 Å². The summed E-state index contributed by atoms with van der Waals surface area (Å²) in [5, 5.41) is 4.72. The largest absolute Gasteiger partial charge is 0.315 e. The van der Waals surface area contributed by atoms with E-state index in [1.165, 1.54) is 11.3 Å². The zero-order chi connectivity index (χ0) is 13.0. The second-order valence-electron chi connectivity index (χ2n) is 4.36. The van der Waals surface area contributed by atoms with E-state index < -0.39 is 10.0 Å². The minimum absolute atomic E-state index is 0.392. The van der Waals surface area contributed by atoms with Gasteiger partial charge in [0.1, 0.15) is 0 Å². The Balaban J connectivity index is 1.95. The van der Waals surface area contributed by atoms with Crippen LogP contribution in [-0.4, -0.2) is 33.5 Å². The first kappa shape index (κ1) is 14.3. The lowest BCUT2D eigenvalue weighted by atomic mass is 10.1. The highest BCUT2D eigenvalue weighted by Gasteiger charge is 2.20. The monoisotopic (exact) mass is 306 g/mol. The Morgan fingerprint density at radius 1 is 1.50 bits per heavy atom. The van der Waals surface area contributed by atoms with Crippen LogP contribution in [0.1, 0.15) is 11.3 Å². The molecule has 0 aliphatic carbocycles. The maximum atomic E-state index is 12.1. The van der Waals surface area contributed by atoms with Crippen LogP contribution in [0.4, 0.5) is 0 Å². The lowest BCUT2D eigenvalue weighted by molar-refractivity contribution is 0.546. The van der Waals surface area contributed by atoms with Crippen molar-refractivity contribution in [2.24, 2.45) is 5.92 Å². The standard InChI is InChI=1S/C11H18N2O2S3/c1-12-6-10-4-11(8-17-10)18(14,15)13-5-9-2-3-16-7-9/h4,8-9,12-13H,2-3,5-7H2,1H3. The summed E-state index contributed by atoms with van der Waals surface area (Å²) in [6.07, 6.45) is 1.11. The van der Waals surface area contributed by atoms with Crippen molar-refractivity contribution >= 4 is 33.1 Å². The molecular formula is C11H18N2O2S3. The van der Waals surface area contributed by atoms with Crippen LogP contribution in [0.2, 0.25) is 0 Å². The quantitative estimate of drug-likeness (QED) is 0.836. The van der Waals surface area contributed by atoms with Gasteiger partial charge < -0.3 is 5.32 Å². The molecule has 0 bridgehead atoms. The van der Waals surface area contributed by atoms with E-state index in [0.717, 1.165) is 22.8 Å². The first-order valence-electron chi connectivity index (χ1n) is 5.91. The number of hydrogen-bond donors (Lipinski definition) is 2. The highest BCUT2D eigenvalue weighted by molar-refractivity contribution is 7.99. The fourth-order valence-electron chi connectivity index (χ4n) is 1.82. The normalized spacial score (nSPS) is 20.4. The molecule has 1 atom stereocenters. The van der Waals surface area contributed by atoms with Gasteiger partial charge in [0.2, 0.25) is 10.0 Å². The van der Waals surface area contributed by atoms with Crippen molar-refractivity contribution in [2.45, 2.75) is 17.9 Å². The maximum absolute atomic E-state index is 12.1. The highest BCUT2D eigenvalue weighted by Crippen LogP contribution is 2.24. The Labute approximate surface area is 117 Å². The summed E-state index contributed by atoms with van der Waals surface area (Å²) < 4.78 is 26.9. The summed E-state index contributed by atoms with van der Waals surface area (Å²) in [6.45, 7) is 1.27. The molecule has 1 fully saturated rings. The smallest absolute Gasteiger partial charge is 0.241 e. The Kier molecular flexibility index (Phi) is 5.08. The molecule has 2 rings (SSSR count). The van der Waals surface area contributed by atoms with E-state index in [9.17, 15) is 8.42 Å². The molecule has 1 aromatic heterocycles. The van der Waals surface area contributed by atoms with E-state index >= 15 is 0 Å². The zero-order valence-electron chi connectivity index (χ0n) is 10.3. The summed E-state index contributed by atoms with van der Waals surface area (Å²) >= 11 is 3.37. The summed E-state index contributed by atoms with van der Waals surface area (Å²) in [6, 6.07) is 1.74. The first-order chi connectivity index (χ1) is 8.62. The van der Waals surface area contributed by atoms with E-state index in [0.29, 0.717) is 23.9 Å². The van der Waals surface area contributed by atoms with Gasteiger partial charge >= 0.3 is 0 Å².